The lowest BCUT2D eigenvalue weighted by Crippen LogP contribution is -2.00. The maximum Gasteiger partial charge on any atom is 0.163 e. The number of Topliss-reactive ketones (excluding diaryl/α,β-unsaturated/α-hetero) is 1. The fraction of sp³-hybridized carbons (Fsp3) is 0.176. The minimum absolute atomic E-state index is 0.180. The van der Waals surface area contributed by atoms with Crippen LogP contribution in [0, 0.1) is 0 Å². The molecule has 2 aromatic carbocycles. The molecule has 0 bridgehead atoms. The Kier molecular flexibility index (Phi) is 3.33. The number of benzene rings is 2. The summed E-state index contributed by atoms with van der Waals surface area (Å²) in [4.78, 5) is 12.2. The highest BCUT2D eigenvalue weighted by Crippen LogP contribution is 2.17. The van der Waals surface area contributed by atoms with Gasteiger partial charge in [0.05, 0.1) is 6.20 Å². The lowest BCUT2D eigenvalue weighted by molar-refractivity contribution is 0.0983. The summed E-state index contributed by atoms with van der Waals surface area (Å²) in [5.74, 6) is 0.180. The maximum atomic E-state index is 12.2. The molecule has 100 valence electrons. The van der Waals surface area contributed by atoms with Crippen LogP contribution in [0.1, 0.15) is 22.3 Å². The second-order valence-corrected chi connectivity index (χ2v) is 5.01. The minimum atomic E-state index is 0.180. The molecule has 0 radical (unpaired) electrons. The van der Waals surface area contributed by atoms with Gasteiger partial charge in [-0.15, -0.1) is 0 Å². The molecule has 3 aromatic rings. The fourth-order valence-corrected chi connectivity index (χ4v) is 2.37. The van der Waals surface area contributed by atoms with E-state index in [0.29, 0.717) is 6.42 Å². The van der Waals surface area contributed by atoms with Crippen LogP contribution in [0.15, 0.2) is 54.9 Å². The SMILES string of the molecule is Cn1cc(CCC(=O)c2ccc3ccccc3c2)cn1. The van der Waals surface area contributed by atoms with Crippen LogP contribution in [0.2, 0.25) is 0 Å². The summed E-state index contributed by atoms with van der Waals surface area (Å²) in [6, 6.07) is 14.0. The van der Waals surface area contributed by atoms with Gasteiger partial charge in [0.2, 0.25) is 0 Å². The van der Waals surface area contributed by atoms with Crippen LogP contribution < -0.4 is 0 Å². The first kappa shape index (κ1) is 12.6. The summed E-state index contributed by atoms with van der Waals surface area (Å²) in [5, 5.41) is 6.39. The predicted molar refractivity (Wildman–Crippen MR) is 79.8 cm³/mol. The lowest BCUT2D eigenvalue weighted by atomic mass is 10.0. The van der Waals surface area contributed by atoms with Crippen molar-refractivity contribution in [1.82, 2.24) is 9.78 Å². The molecular formula is C17H16N2O. The number of fused-ring (bicyclic) bond motifs is 1. The molecule has 0 amide bonds. The van der Waals surface area contributed by atoms with Crippen molar-refractivity contribution in [2.24, 2.45) is 7.05 Å². The number of hydrogen-bond donors (Lipinski definition) is 0. The Hall–Kier alpha value is -2.42. The molecule has 0 aliphatic rings. The summed E-state index contributed by atoms with van der Waals surface area (Å²) in [5.41, 5.74) is 1.88. The molecule has 1 aromatic heterocycles. The predicted octanol–water partition coefficient (Wildman–Crippen LogP) is 3.39. The third-order valence-corrected chi connectivity index (χ3v) is 3.47. The van der Waals surface area contributed by atoms with Crippen LogP contribution in [0.5, 0.6) is 0 Å². The van der Waals surface area contributed by atoms with Crippen LogP contribution in [-0.4, -0.2) is 15.6 Å². The van der Waals surface area contributed by atoms with E-state index in [4.69, 9.17) is 0 Å². The van der Waals surface area contributed by atoms with Gasteiger partial charge in [-0.2, -0.15) is 5.10 Å². The van der Waals surface area contributed by atoms with Gasteiger partial charge in [-0.1, -0.05) is 36.4 Å². The molecule has 0 aliphatic heterocycles. The average Bonchev–Trinajstić information content (AvgIpc) is 2.90. The number of hydrogen-bond acceptors (Lipinski definition) is 2. The molecule has 0 fully saturated rings. The van der Waals surface area contributed by atoms with Gasteiger partial charge in [0, 0.05) is 25.2 Å². The molecule has 0 saturated heterocycles. The number of nitrogens with zero attached hydrogens (tertiary/aromatic N) is 2. The van der Waals surface area contributed by atoms with Gasteiger partial charge in [0.1, 0.15) is 0 Å². The summed E-state index contributed by atoms with van der Waals surface area (Å²) in [6.07, 6.45) is 5.02. The molecule has 0 aliphatic carbocycles. The van der Waals surface area contributed by atoms with Gasteiger partial charge in [-0.05, 0) is 28.8 Å². The lowest BCUT2D eigenvalue weighted by Gasteiger charge is -2.03. The monoisotopic (exact) mass is 264 g/mol. The Morgan fingerprint density at radius 3 is 2.70 bits per heavy atom. The first-order chi connectivity index (χ1) is 9.72. The number of carbonyl (C=O) groups excluding carboxylic acids is 1. The smallest absolute Gasteiger partial charge is 0.163 e. The highest BCUT2D eigenvalue weighted by molar-refractivity contribution is 6.00. The molecule has 1 heterocycles. The zero-order chi connectivity index (χ0) is 13.9. The molecule has 0 N–H and O–H groups in total. The highest BCUT2D eigenvalue weighted by Gasteiger charge is 2.07. The number of carbonyl (C=O) groups is 1. The third kappa shape index (κ3) is 2.62. The average molecular weight is 264 g/mol. The van der Waals surface area contributed by atoms with E-state index >= 15 is 0 Å². The van der Waals surface area contributed by atoms with E-state index in [-0.39, 0.29) is 5.78 Å². The van der Waals surface area contributed by atoms with E-state index in [2.05, 4.69) is 11.2 Å². The van der Waals surface area contributed by atoms with Crippen molar-refractivity contribution in [2.75, 3.05) is 0 Å². The van der Waals surface area contributed by atoms with Crippen LogP contribution >= 0.6 is 0 Å². The van der Waals surface area contributed by atoms with E-state index in [1.807, 2.05) is 55.8 Å². The first-order valence-electron chi connectivity index (χ1n) is 6.72. The van der Waals surface area contributed by atoms with Gasteiger partial charge in [-0.25, -0.2) is 0 Å². The normalized spacial score (nSPS) is 10.8. The molecule has 3 rings (SSSR count). The number of aryl methyl sites for hydroxylation is 2. The molecule has 0 saturated carbocycles. The Bertz CT molecular complexity index is 758. The summed E-state index contributed by atoms with van der Waals surface area (Å²) in [6.45, 7) is 0. The second kappa shape index (κ2) is 5.29. The largest absolute Gasteiger partial charge is 0.294 e. The van der Waals surface area contributed by atoms with Gasteiger partial charge >= 0.3 is 0 Å². The van der Waals surface area contributed by atoms with Gasteiger partial charge in [-0.3, -0.25) is 9.48 Å². The summed E-state index contributed by atoms with van der Waals surface area (Å²) in [7, 11) is 1.88. The van der Waals surface area contributed by atoms with Crippen LogP contribution in [-0.2, 0) is 13.5 Å². The highest BCUT2D eigenvalue weighted by atomic mass is 16.1. The van der Waals surface area contributed by atoms with Crippen LogP contribution in [0.4, 0.5) is 0 Å². The zero-order valence-corrected chi connectivity index (χ0v) is 11.4. The zero-order valence-electron chi connectivity index (χ0n) is 11.4. The summed E-state index contributed by atoms with van der Waals surface area (Å²) < 4.78 is 1.76. The minimum Gasteiger partial charge on any atom is -0.294 e. The standard InChI is InChI=1S/C17H16N2O/c1-19-12-13(11-18-19)6-9-17(20)16-8-7-14-4-2-3-5-15(14)10-16/h2-5,7-8,10-12H,6,9H2,1H3. The van der Waals surface area contributed by atoms with E-state index in [9.17, 15) is 4.79 Å². The van der Waals surface area contributed by atoms with Gasteiger partial charge in [0.25, 0.3) is 0 Å². The second-order valence-electron chi connectivity index (χ2n) is 5.01. The fourth-order valence-electron chi connectivity index (χ4n) is 2.37. The van der Waals surface area contributed by atoms with Gasteiger partial charge in [0.15, 0.2) is 5.78 Å². The molecule has 3 nitrogen and oxygen atoms in total. The Balaban J connectivity index is 1.75. The van der Waals surface area contributed by atoms with Crippen molar-refractivity contribution in [3.63, 3.8) is 0 Å². The molecule has 0 atom stereocenters. The Labute approximate surface area is 117 Å². The number of aromatic nitrogens is 2. The molecule has 0 unspecified atom stereocenters. The molecule has 0 spiro atoms. The van der Waals surface area contributed by atoms with E-state index in [1.54, 1.807) is 4.68 Å². The Morgan fingerprint density at radius 2 is 1.95 bits per heavy atom. The van der Waals surface area contributed by atoms with Crippen molar-refractivity contribution >= 4 is 16.6 Å². The molecule has 20 heavy (non-hydrogen) atoms. The number of rotatable bonds is 4. The maximum absolute atomic E-state index is 12.2. The van der Waals surface area contributed by atoms with Crippen molar-refractivity contribution < 1.29 is 4.79 Å². The van der Waals surface area contributed by atoms with E-state index in [1.165, 1.54) is 0 Å². The van der Waals surface area contributed by atoms with Crippen molar-refractivity contribution in [3.8, 4) is 0 Å². The Morgan fingerprint density at radius 1 is 1.15 bits per heavy atom. The van der Waals surface area contributed by atoms with Crippen molar-refractivity contribution in [1.29, 1.82) is 0 Å². The van der Waals surface area contributed by atoms with Gasteiger partial charge < -0.3 is 0 Å². The van der Waals surface area contributed by atoms with E-state index in [0.717, 1.165) is 28.3 Å². The quantitative estimate of drug-likeness (QED) is 0.677. The van der Waals surface area contributed by atoms with E-state index < -0.39 is 0 Å². The molecular weight excluding hydrogens is 248 g/mol. The van der Waals surface area contributed by atoms with Crippen LogP contribution in [0.25, 0.3) is 10.8 Å². The van der Waals surface area contributed by atoms with Crippen LogP contribution in [0.3, 0.4) is 0 Å². The number of ketones is 1. The van der Waals surface area contributed by atoms with Crippen molar-refractivity contribution in [3.05, 3.63) is 66.0 Å². The third-order valence-electron chi connectivity index (χ3n) is 3.47. The first-order valence-corrected chi connectivity index (χ1v) is 6.72. The topological polar surface area (TPSA) is 34.9 Å². The van der Waals surface area contributed by atoms with Crippen molar-refractivity contribution in [2.45, 2.75) is 12.8 Å². The molecule has 3 heteroatoms. The summed E-state index contributed by atoms with van der Waals surface area (Å²) >= 11 is 0.